The topological polar surface area (TPSA) is 80.0 Å². The van der Waals surface area contributed by atoms with Crippen molar-refractivity contribution in [3.05, 3.63) is 42.5 Å². The number of nitrogens with one attached hydrogen (secondary N) is 1. The van der Waals surface area contributed by atoms with E-state index in [1.54, 1.807) is 6.33 Å². The van der Waals surface area contributed by atoms with Crippen molar-refractivity contribution in [2.45, 2.75) is 50.7 Å². The van der Waals surface area contributed by atoms with E-state index in [1.807, 2.05) is 34.9 Å². The van der Waals surface area contributed by atoms with Crippen LogP contribution in [-0.4, -0.2) is 37.9 Å². The summed E-state index contributed by atoms with van der Waals surface area (Å²) in [5.74, 6) is 0.819. The first-order valence-electron chi connectivity index (χ1n) is 8.14. The third kappa shape index (κ3) is 4.16. The lowest BCUT2D eigenvalue weighted by Crippen LogP contribution is -2.38. The van der Waals surface area contributed by atoms with Gasteiger partial charge >= 0.3 is 0 Å². The number of benzene rings is 1. The number of aliphatic hydroxyl groups excluding tert-OH is 1. The van der Waals surface area contributed by atoms with E-state index in [1.165, 1.54) is 0 Å². The van der Waals surface area contributed by atoms with Crippen LogP contribution >= 0.6 is 0 Å². The molecule has 2 N–H and O–H groups in total. The van der Waals surface area contributed by atoms with Gasteiger partial charge in [0.05, 0.1) is 6.10 Å². The molecule has 0 spiro atoms. The molecule has 1 aliphatic rings. The van der Waals surface area contributed by atoms with E-state index < -0.39 is 0 Å². The summed E-state index contributed by atoms with van der Waals surface area (Å²) in [5.41, 5.74) is 0.995. The van der Waals surface area contributed by atoms with Gasteiger partial charge in [0.25, 0.3) is 0 Å². The molecule has 1 heterocycles. The fourth-order valence-corrected chi connectivity index (χ4v) is 2.98. The lowest BCUT2D eigenvalue weighted by molar-refractivity contribution is -0.122. The van der Waals surface area contributed by atoms with E-state index >= 15 is 0 Å². The molecule has 0 unspecified atom stereocenters. The average Bonchev–Trinajstić information content (AvgIpc) is 3.04. The quantitative estimate of drug-likeness (QED) is 0.879. The Balaban J connectivity index is 1.53. The summed E-state index contributed by atoms with van der Waals surface area (Å²) in [6.45, 7) is 0. The second-order valence-electron chi connectivity index (χ2n) is 6.03. The number of aliphatic hydroxyl groups is 1. The Kier molecular flexibility index (Phi) is 5.02. The molecular formula is C17H22N4O2. The number of nitrogens with zero attached hydrogens (tertiary/aromatic N) is 3. The molecule has 0 bridgehead atoms. The van der Waals surface area contributed by atoms with Gasteiger partial charge in [0, 0.05) is 24.6 Å². The highest BCUT2D eigenvalue weighted by Crippen LogP contribution is 2.18. The number of para-hydroxylation sites is 1. The van der Waals surface area contributed by atoms with Crippen molar-refractivity contribution >= 4 is 5.91 Å². The van der Waals surface area contributed by atoms with Gasteiger partial charge in [0.2, 0.25) is 5.91 Å². The van der Waals surface area contributed by atoms with Crippen molar-refractivity contribution in [1.82, 2.24) is 20.1 Å². The minimum Gasteiger partial charge on any atom is -0.393 e. The van der Waals surface area contributed by atoms with Crippen molar-refractivity contribution in [2.24, 2.45) is 0 Å². The molecule has 6 nitrogen and oxygen atoms in total. The first-order valence-corrected chi connectivity index (χ1v) is 8.14. The highest BCUT2D eigenvalue weighted by atomic mass is 16.3. The highest BCUT2D eigenvalue weighted by molar-refractivity contribution is 5.76. The van der Waals surface area contributed by atoms with Gasteiger partial charge in [-0.2, -0.15) is 0 Å². The van der Waals surface area contributed by atoms with Crippen LogP contribution in [0.3, 0.4) is 0 Å². The lowest BCUT2D eigenvalue weighted by atomic mass is 9.93. The van der Waals surface area contributed by atoms with Crippen LogP contribution in [0.25, 0.3) is 5.69 Å². The maximum atomic E-state index is 12.1. The van der Waals surface area contributed by atoms with Crippen LogP contribution in [-0.2, 0) is 11.2 Å². The summed E-state index contributed by atoms with van der Waals surface area (Å²) in [7, 11) is 0. The number of amides is 1. The summed E-state index contributed by atoms with van der Waals surface area (Å²) in [6, 6.07) is 10.0. The Hall–Kier alpha value is -2.21. The molecule has 2 aromatic rings. The molecule has 1 fully saturated rings. The van der Waals surface area contributed by atoms with Gasteiger partial charge in [0.15, 0.2) is 0 Å². The first kappa shape index (κ1) is 15.7. The normalized spacial score (nSPS) is 21.1. The van der Waals surface area contributed by atoms with Crippen molar-refractivity contribution < 1.29 is 9.90 Å². The Morgan fingerprint density at radius 2 is 1.96 bits per heavy atom. The highest BCUT2D eigenvalue weighted by Gasteiger charge is 2.20. The van der Waals surface area contributed by atoms with Crippen LogP contribution in [0.1, 0.15) is 37.9 Å². The van der Waals surface area contributed by atoms with Crippen molar-refractivity contribution in [3.63, 3.8) is 0 Å². The largest absolute Gasteiger partial charge is 0.393 e. The maximum absolute atomic E-state index is 12.1. The minimum absolute atomic E-state index is 0.0361. The summed E-state index contributed by atoms with van der Waals surface area (Å²) >= 11 is 0. The van der Waals surface area contributed by atoms with Gasteiger partial charge in [-0.3, -0.25) is 9.36 Å². The summed E-state index contributed by atoms with van der Waals surface area (Å²) in [4.78, 5) is 12.1. The molecular weight excluding hydrogens is 292 g/mol. The lowest BCUT2D eigenvalue weighted by Gasteiger charge is -2.26. The molecule has 3 rings (SSSR count). The molecule has 1 aliphatic carbocycles. The van der Waals surface area contributed by atoms with E-state index in [4.69, 9.17) is 0 Å². The first-order chi connectivity index (χ1) is 11.2. The molecule has 122 valence electrons. The molecule has 1 aromatic heterocycles. The van der Waals surface area contributed by atoms with Crippen molar-refractivity contribution in [1.29, 1.82) is 0 Å². The van der Waals surface area contributed by atoms with E-state index in [0.717, 1.165) is 37.2 Å². The summed E-state index contributed by atoms with van der Waals surface area (Å²) in [5, 5.41) is 20.6. The number of aromatic nitrogens is 3. The number of hydrogen-bond acceptors (Lipinski definition) is 4. The summed E-state index contributed by atoms with van der Waals surface area (Å²) < 4.78 is 1.91. The number of carbonyl (C=O) groups excluding carboxylic acids is 1. The standard InChI is InChI=1S/C17H22N4O2/c22-15-8-6-13(7-9-15)19-17(23)11-10-16-20-18-12-21(16)14-4-2-1-3-5-14/h1-5,12-13,15,22H,6-11H2,(H,19,23). The predicted molar refractivity (Wildman–Crippen MR) is 86.1 cm³/mol. The van der Waals surface area contributed by atoms with Gasteiger partial charge in [-0.15, -0.1) is 10.2 Å². The predicted octanol–water partition coefficient (Wildman–Crippen LogP) is 1.62. The molecule has 1 aromatic carbocycles. The fraction of sp³-hybridized carbons (Fsp3) is 0.471. The van der Waals surface area contributed by atoms with E-state index in [0.29, 0.717) is 12.8 Å². The van der Waals surface area contributed by atoms with Crippen LogP contribution in [0.2, 0.25) is 0 Å². The zero-order valence-electron chi connectivity index (χ0n) is 13.1. The molecule has 23 heavy (non-hydrogen) atoms. The minimum atomic E-state index is -0.201. The molecule has 1 saturated carbocycles. The van der Waals surface area contributed by atoms with E-state index in [2.05, 4.69) is 15.5 Å². The van der Waals surface area contributed by atoms with Gasteiger partial charge in [0.1, 0.15) is 12.2 Å². The average molecular weight is 314 g/mol. The third-order valence-electron chi connectivity index (χ3n) is 4.29. The third-order valence-corrected chi connectivity index (χ3v) is 4.29. The molecule has 6 heteroatoms. The van der Waals surface area contributed by atoms with Crippen LogP contribution in [0.5, 0.6) is 0 Å². The van der Waals surface area contributed by atoms with Crippen LogP contribution in [0.4, 0.5) is 0 Å². The fourth-order valence-electron chi connectivity index (χ4n) is 2.98. The van der Waals surface area contributed by atoms with Crippen molar-refractivity contribution in [2.75, 3.05) is 0 Å². The SMILES string of the molecule is O=C(CCc1nncn1-c1ccccc1)NC1CCC(O)CC1. The Morgan fingerprint density at radius 3 is 2.70 bits per heavy atom. The number of hydrogen-bond donors (Lipinski definition) is 2. The molecule has 0 saturated heterocycles. The number of carbonyl (C=O) groups is 1. The van der Waals surface area contributed by atoms with Crippen molar-refractivity contribution in [3.8, 4) is 5.69 Å². The van der Waals surface area contributed by atoms with Crippen LogP contribution in [0, 0.1) is 0 Å². The van der Waals surface area contributed by atoms with Gasteiger partial charge in [-0.05, 0) is 37.8 Å². The second kappa shape index (κ2) is 7.37. The number of aryl methyl sites for hydroxylation is 1. The second-order valence-corrected chi connectivity index (χ2v) is 6.03. The van der Waals surface area contributed by atoms with E-state index in [9.17, 15) is 9.90 Å². The van der Waals surface area contributed by atoms with E-state index in [-0.39, 0.29) is 18.1 Å². The number of rotatable bonds is 5. The Bertz CT molecular complexity index is 633. The van der Waals surface area contributed by atoms with Gasteiger partial charge in [-0.1, -0.05) is 18.2 Å². The Morgan fingerprint density at radius 1 is 1.22 bits per heavy atom. The smallest absolute Gasteiger partial charge is 0.220 e. The summed E-state index contributed by atoms with van der Waals surface area (Å²) in [6.07, 6.45) is 5.67. The van der Waals surface area contributed by atoms with Gasteiger partial charge in [-0.25, -0.2) is 0 Å². The van der Waals surface area contributed by atoms with Crippen LogP contribution in [0.15, 0.2) is 36.7 Å². The zero-order valence-corrected chi connectivity index (χ0v) is 13.1. The zero-order chi connectivity index (χ0) is 16.1. The molecule has 0 aliphatic heterocycles. The maximum Gasteiger partial charge on any atom is 0.220 e. The molecule has 0 atom stereocenters. The Labute approximate surface area is 135 Å². The van der Waals surface area contributed by atoms with Crippen LogP contribution < -0.4 is 5.32 Å². The monoisotopic (exact) mass is 314 g/mol. The molecule has 1 amide bonds. The molecule has 0 radical (unpaired) electrons. The van der Waals surface area contributed by atoms with Gasteiger partial charge < -0.3 is 10.4 Å².